The highest BCUT2D eigenvalue weighted by molar-refractivity contribution is 5.95. The normalized spacial score (nSPS) is 10.2. The van der Waals surface area contributed by atoms with Crippen molar-refractivity contribution in [2.75, 3.05) is 19.7 Å². The van der Waals surface area contributed by atoms with Crippen LogP contribution in [0.4, 0.5) is 0 Å². The van der Waals surface area contributed by atoms with Gasteiger partial charge in [-0.05, 0) is 19.9 Å². The van der Waals surface area contributed by atoms with Gasteiger partial charge in [-0.15, -0.1) is 0 Å². The average Bonchev–Trinajstić information content (AvgIpc) is 2.59. The number of nitrogens with zero attached hydrogens (tertiary/aromatic N) is 1. The van der Waals surface area contributed by atoms with Crippen LogP contribution in [0.15, 0.2) is 16.7 Å². The maximum absolute atomic E-state index is 11.8. The number of likely N-dealkylation sites (N-methyl/N-ethyl adjacent to an activating group) is 1. The van der Waals surface area contributed by atoms with Gasteiger partial charge in [0.05, 0.1) is 18.4 Å². The minimum Gasteiger partial charge on any atom is -0.469 e. The summed E-state index contributed by atoms with van der Waals surface area (Å²) in [5, 5.41) is 8.77. The fourth-order valence-corrected chi connectivity index (χ4v) is 1.30. The fourth-order valence-electron chi connectivity index (χ4n) is 1.30. The summed E-state index contributed by atoms with van der Waals surface area (Å²) in [5.41, 5.74) is 0.570. The van der Waals surface area contributed by atoms with E-state index in [1.54, 1.807) is 17.9 Å². The van der Waals surface area contributed by atoms with Crippen molar-refractivity contribution in [1.29, 1.82) is 0 Å². The Morgan fingerprint density at radius 3 is 2.79 bits per heavy atom. The number of hydrogen-bond acceptors (Lipinski definition) is 3. The number of aliphatic hydroxyl groups is 1. The fraction of sp³-hybridized carbons (Fsp3) is 0.500. The molecule has 78 valence electrons. The van der Waals surface area contributed by atoms with Gasteiger partial charge in [-0.2, -0.15) is 0 Å². The first kappa shape index (κ1) is 10.8. The number of aliphatic hydroxyl groups excluding tert-OH is 1. The second kappa shape index (κ2) is 4.81. The number of amides is 1. The zero-order valence-electron chi connectivity index (χ0n) is 8.49. The molecule has 4 nitrogen and oxygen atoms in total. The predicted octanol–water partition coefficient (Wildman–Crippen LogP) is 1.04. The number of hydrogen-bond donors (Lipinski definition) is 1. The molecule has 0 saturated heterocycles. The summed E-state index contributed by atoms with van der Waals surface area (Å²) in [6.45, 7) is 4.56. The summed E-state index contributed by atoms with van der Waals surface area (Å²) >= 11 is 0. The largest absolute Gasteiger partial charge is 0.469 e. The van der Waals surface area contributed by atoms with Crippen LogP contribution in [0.25, 0.3) is 0 Å². The van der Waals surface area contributed by atoms with Crippen molar-refractivity contribution in [1.82, 2.24) is 4.90 Å². The van der Waals surface area contributed by atoms with Gasteiger partial charge in [0.25, 0.3) is 5.91 Å². The van der Waals surface area contributed by atoms with E-state index in [2.05, 4.69) is 0 Å². The minimum absolute atomic E-state index is 0.0174. The van der Waals surface area contributed by atoms with E-state index in [-0.39, 0.29) is 12.5 Å². The zero-order chi connectivity index (χ0) is 10.6. The standard InChI is InChI=1S/C10H15NO3/c1-3-11(5-6-12)10(13)9-4-7-14-8(9)2/h4,7,12H,3,5-6H2,1-2H3. The molecule has 4 heteroatoms. The third-order valence-corrected chi connectivity index (χ3v) is 2.13. The summed E-state index contributed by atoms with van der Waals surface area (Å²) in [7, 11) is 0. The van der Waals surface area contributed by atoms with Crippen molar-refractivity contribution in [2.24, 2.45) is 0 Å². The van der Waals surface area contributed by atoms with Crippen molar-refractivity contribution >= 4 is 5.91 Å². The van der Waals surface area contributed by atoms with Crippen LogP contribution in [0.1, 0.15) is 23.0 Å². The summed E-state index contributed by atoms with van der Waals surface area (Å²) in [4.78, 5) is 13.4. The molecule has 1 amide bonds. The lowest BCUT2D eigenvalue weighted by Gasteiger charge is -2.18. The lowest BCUT2D eigenvalue weighted by Crippen LogP contribution is -2.33. The second-order valence-electron chi connectivity index (χ2n) is 3.00. The van der Waals surface area contributed by atoms with E-state index >= 15 is 0 Å². The summed E-state index contributed by atoms with van der Waals surface area (Å²) in [6.07, 6.45) is 1.50. The first-order chi connectivity index (χ1) is 6.70. The number of aryl methyl sites for hydroxylation is 1. The second-order valence-corrected chi connectivity index (χ2v) is 3.00. The first-order valence-electron chi connectivity index (χ1n) is 4.65. The molecule has 0 aliphatic heterocycles. The van der Waals surface area contributed by atoms with Gasteiger partial charge in [0.1, 0.15) is 5.76 Å². The molecule has 14 heavy (non-hydrogen) atoms. The van der Waals surface area contributed by atoms with E-state index in [9.17, 15) is 4.79 Å². The highest BCUT2D eigenvalue weighted by Crippen LogP contribution is 2.11. The Morgan fingerprint density at radius 1 is 1.64 bits per heavy atom. The highest BCUT2D eigenvalue weighted by Gasteiger charge is 2.17. The Hall–Kier alpha value is -1.29. The van der Waals surface area contributed by atoms with Crippen molar-refractivity contribution < 1.29 is 14.3 Å². The zero-order valence-corrected chi connectivity index (χ0v) is 8.49. The van der Waals surface area contributed by atoms with Gasteiger partial charge in [0.2, 0.25) is 0 Å². The molecular formula is C10H15NO3. The van der Waals surface area contributed by atoms with Crippen LogP contribution in [-0.4, -0.2) is 35.6 Å². The van der Waals surface area contributed by atoms with E-state index in [1.807, 2.05) is 6.92 Å². The quantitative estimate of drug-likeness (QED) is 0.784. The molecule has 0 aliphatic carbocycles. The molecule has 0 radical (unpaired) electrons. The number of carbonyl (C=O) groups excluding carboxylic acids is 1. The summed E-state index contributed by atoms with van der Waals surface area (Å²) < 4.78 is 5.05. The number of rotatable bonds is 4. The molecule has 1 aromatic heterocycles. The van der Waals surface area contributed by atoms with Crippen LogP contribution >= 0.6 is 0 Å². The smallest absolute Gasteiger partial charge is 0.257 e. The van der Waals surface area contributed by atoms with Crippen LogP contribution in [0.2, 0.25) is 0 Å². The van der Waals surface area contributed by atoms with Gasteiger partial charge in [0, 0.05) is 13.1 Å². The molecule has 1 rings (SSSR count). The van der Waals surface area contributed by atoms with E-state index < -0.39 is 0 Å². The highest BCUT2D eigenvalue weighted by atomic mass is 16.3. The van der Waals surface area contributed by atoms with E-state index in [4.69, 9.17) is 9.52 Å². The minimum atomic E-state index is -0.0900. The third kappa shape index (κ3) is 2.14. The molecule has 0 atom stereocenters. The molecule has 0 unspecified atom stereocenters. The molecule has 0 saturated carbocycles. The van der Waals surface area contributed by atoms with Crippen LogP contribution in [-0.2, 0) is 0 Å². The van der Waals surface area contributed by atoms with E-state index in [0.717, 1.165) is 0 Å². The Balaban J connectivity index is 2.78. The third-order valence-electron chi connectivity index (χ3n) is 2.13. The predicted molar refractivity (Wildman–Crippen MR) is 52.1 cm³/mol. The van der Waals surface area contributed by atoms with E-state index in [0.29, 0.717) is 24.4 Å². The monoisotopic (exact) mass is 197 g/mol. The molecule has 0 aromatic carbocycles. The van der Waals surface area contributed by atoms with Gasteiger partial charge in [-0.1, -0.05) is 0 Å². The van der Waals surface area contributed by atoms with Crippen molar-refractivity contribution in [3.05, 3.63) is 23.7 Å². The maximum atomic E-state index is 11.8. The Bertz CT molecular complexity index is 306. The SMILES string of the molecule is CCN(CCO)C(=O)c1ccoc1C. The molecule has 0 bridgehead atoms. The van der Waals surface area contributed by atoms with E-state index in [1.165, 1.54) is 6.26 Å². The molecule has 1 heterocycles. The lowest BCUT2D eigenvalue weighted by atomic mass is 10.2. The molecule has 0 spiro atoms. The summed E-state index contributed by atoms with van der Waals surface area (Å²) in [6, 6.07) is 1.65. The van der Waals surface area contributed by atoms with Crippen LogP contribution in [0.3, 0.4) is 0 Å². The van der Waals surface area contributed by atoms with Gasteiger partial charge in [-0.25, -0.2) is 0 Å². The maximum Gasteiger partial charge on any atom is 0.257 e. The molecule has 1 N–H and O–H groups in total. The van der Waals surface area contributed by atoms with Crippen LogP contribution in [0, 0.1) is 6.92 Å². The Morgan fingerprint density at radius 2 is 2.36 bits per heavy atom. The molecule has 0 fully saturated rings. The Kier molecular flexibility index (Phi) is 3.71. The van der Waals surface area contributed by atoms with Crippen molar-refractivity contribution in [3.63, 3.8) is 0 Å². The van der Waals surface area contributed by atoms with Crippen LogP contribution in [0.5, 0.6) is 0 Å². The molecule has 0 aliphatic rings. The number of carbonyl (C=O) groups is 1. The van der Waals surface area contributed by atoms with Gasteiger partial charge in [0.15, 0.2) is 0 Å². The number of furan rings is 1. The molecular weight excluding hydrogens is 182 g/mol. The van der Waals surface area contributed by atoms with Crippen molar-refractivity contribution in [3.8, 4) is 0 Å². The Labute approximate surface area is 83.1 Å². The molecule has 1 aromatic rings. The van der Waals surface area contributed by atoms with Gasteiger partial charge < -0.3 is 14.4 Å². The topological polar surface area (TPSA) is 53.7 Å². The van der Waals surface area contributed by atoms with Gasteiger partial charge in [-0.3, -0.25) is 4.79 Å². The average molecular weight is 197 g/mol. The summed E-state index contributed by atoms with van der Waals surface area (Å²) in [5.74, 6) is 0.527. The van der Waals surface area contributed by atoms with Gasteiger partial charge >= 0.3 is 0 Å². The van der Waals surface area contributed by atoms with Crippen molar-refractivity contribution in [2.45, 2.75) is 13.8 Å². The lowest BCUT2D eigenvalue weighted by molar-refractivity contribution is 0.0730. The first-order valence-corrected chi connectivity index (χ1v) is 4.65. The van der Waals surface area contributed by atoms with Crippen LogP contribution < -0.4 is 0 Å².